The number of aromatic carboxylic acids is 1. The molecule has 0 heterocycles. The Bertz CT molecular complexity index is 565. The zero-order valence-corrected chi connectivity index (χ0v) is 11.8. The van der Waals surface area contributed by atoms with Gasteiger partial charge < -0.3 is 10.4 Å². The minimum atomic E-state index is -4.50. The number of amides is 1. The van der Waals surface area contributed by atoms with E-state index in [9.17, 15) is 22.8 Å². The number of carboxylic acids is 1. The Morgan fingerprint density at radius 1 is 1.24 bits per heavy atom. The van der Waals surface area contributed by atoms with Crippen LogP contribution in [0.1, 0.15) is 36.2 Å². The summed E-state index contributed by atoms with van der Waals surface area (Å²) < 4.78 is 38.2. The highest BCUT2D eigenvalue weighted by atomic mass is 19.4. The van der Waals surface area contributed by atoms with Crippen molar-refractivity contribution in [2.45, 2.75) is 33.4 Å². The van der Waals surface area contributed by atoms with Gasteiger partial charge in [-0.05, 0) is 24.6 Å². The second-order valence-corrected chi connectivity index (χ2v) is 5.44. The molecular formula is C14H16F3NO3. The molecule has 0 aliphatic rings. The van der Waals surface area contributed by atoms with Crippen molar-refractivity contribution in [2.24, 2.45) is 5.41 Å². The van der Waals surface area contributed by atoms with Crippen molar-refractivity contribution in [1.29, 1.82) is 0 Å². The summed E-state index contributed by atoms with van der Waals surface area (Å²) in [7, 11) is 0. The molecule has 1 aromatic rings. The maximum atomic E-state index is 12.7. The lowest BCUT2D eigenvalue weighted by molar-refractivity contribution is -0.213. The first-order chi connectivity index (χ1) is 9.44. The van der Waals surface area contributed by atoms with E-state index in [4.69, 9.17) is 5.11 Å². The van der Waals surface area contributed by atoms with Gasteiger partial charge in [-0.1, -0.05) is 19.9 Å². The highest BCUT2D eigenvalue weighted by molar-refractivity contribution is 5.95. The highest BCUT2D eigenvalue weighted by Crippen LogP contribution is 2.40. The first kappa shape index (κ1) is 17.0. The van der Waals surface area contributed by atoms with Crippen molar-refractivity contribution in [1.82, 2.24) is 0 Å². The van der Waals surface area contributed by atoms with Crippen LogP contribution in [0.2, 0.25) is 0 Å². The van der Waals surface area contributed by atoms with Crippen LogP contribution in [0.4, 0.5) is 18.9 Å². The SMILES string of the molecule is Cc1ccc(C(=O)O)cc1NC(=O)CC(C)(C)C(F)(F)F. The van der Waals surface area contributed by atoms with Gasteiger partial charge in [0.2, 0.25) is 5.91 Å². The Kier molecular flexibility index (Phi) is 4.65. The van der Waals surface area contributed by atoms with Crippen LogP contribution in [0.5, 0.6) is 0 Å². The number of hydrogen-bond donors (Lipinski definition) is 2. The smallest absolute Gasteiger partial charge is 0.394 e. The summed E-state index contributed by atoms with van der Waals surface area (Å²) in [5.41, 5.74) is -1.45. The topological polar surface area (TPSA) is 66.4 Å². The van der Waals surface area contributed by atoms with Crippen molar-refractivity contribution in [3.63, 3.8) is 0 Å². The van der Waals surface area contributed by atoms with E-state index < -0.39 is 29.9 Å². The molecule has 0 saturated heterocycles. The van der Waals surface area contributed by atoms with Gasteiger partial charge in [0, 0.05) is 12.1 Å². The number of benzene rings is 1. The van der Waals surface area contributed by atoms with E-state index in [1.165, 1.54) is 18.2 Å². The molecule has 0 fully saturated rings. The molecule has 21 heavy (non-hydrogen) atoms. The fourth-order valence-electron chi connectivity index (χ4n) is 1.59. The summed E-state index contributed by atoms with van der Waals surface area (Å²) in [5, 5.41) is 11.2. The van der Waals surface area contributed by atoms with Gasteiger partial charge in [0.25, 0.3) is 0 Å². The van der Waals surface area contributed by atoms with Gasteiger partial charge in [-0.25, -0.2) is 4.79 Å². The van der Waals surface area contributed by atoms with E-state index in [1.54, 1.807) is 6.92 Å². The number of carbonyl (C=O) groups excluding carboxylic acids is 1. The minimum Gasteiger partial charge on any atom is -0.478 e. The lowest BCUT2D eigenvalue weighted by atomic mass is 9.88. The number of hydrogen-bond acceptors (Lipinski definition) is 2. The standard InChI is InChI=1S/C14H16F3NO3/c1-8-4-5-9(12(20)21)6-10(8)18-11(19)7-13(2,3)14(15,16)17/h4-6H,7H2,1-3H3,(H,18,19)(H,20,21). The van der Waals surface area contributed by atoms with Crippen LogP contribution >= 0.6 is 0 Å². The number of carbonyl (C=O) groups is 2. The summed E-state index contributed by atoms with van der Waals surface area (Å²) in [6.07, 6.45) is -5.24. The fraction of sp³-hybridized carbons (Fsp3) is 0.429. The number of aryl methyl sites for hydroxylation is 1. The predicted octanol–water partition coefficient (Wildman–Crippen LogP) is 3.61. The largest absolute Gasteiger partial charge is 0.478 e. The Morgan fingerprint density at radius 3 is 2.29 bits per heavy atom. The lowest BCUT2D eigenvalue weighted by Crippen LogP contribution is -2.36. The molecule has 7 heteroatoms. The van der Waals surface area contributed by atoms with Crippen LogP contribution in [0, 0.1) is 12.3 Å². The number of halogens is 3. The van der Waals surface area contributed by atoms with Gasteiger partial charge >= 0.3 is 12.1 Å². The average Bonchev–Trinajstić information content (AvgIpc) is 2.29. The summed E-state index contributed by atoms with van der Waals surface area (Å²) in [6, 6.07) is 4.05. The van der Waals surface area contributed by atoms with E-state index in [1.807, 2.05) is 0 Å². The molecule has 0 radical (unpaired) electrons. The Morgan fingerprint density at radius 2 is 1.81 bits per heavy atom. The van der Waals surface area contributed by atoms with Crippen LogP contribution in [0.25, 0.3) is 0 Å². The summed E-state index contributed by atoms with van der Waals surface area (Å²) in [6.45, 7) is 3.50. The number of anilines is 1. The molecular weight excluding hydrogens is 287 g/mol. The Balaban J connectivity index is 2.89. The van der Waals surface area contributed by atoms with Gasteiger partial charge in [-0.3, -0.25) is 4.79 Å². The summed E-state index contributed by atoms with van der Waals surface area (Å²) >= 11 is 0. The van der Waals surface area contributed by atoms with E-state index in [2.05, 4.69) is 5.32 Å². The van der Waals surface area contributed by atoms with E-state index in [0.29, 0.717) is 5.56 Å². The van der Waals surface area contributed by atoms with E-state index >= 15 is 0 Å². The second-order valence-electron chi connectivity index (χ2n) is 5.44. The highest BCUT2D eigenvalue weighted by Gasteiger charge is 2.48. The number of alkyl halides is 3. The number of nitrogens with one attached hydrogen (secondary N) is 1. The van der Waals surface area contributed by atoms with E-state index in [0.717, 1.165) is 13.8 Å². The summed E-state index contributed by atoms with van der Waals surface area (Å²) in [4.78, 5) is 22.6. The van der Waals surface area contributed by atoms with Crippen molar-refractivity contribution in [3.8, 4) is 0 Å². The first-order valence-electron chi connectivity index (χ1n) is 6.14. The molecule has 0 unspecified atom stereocenters. The monoisotopic (exact) mass is 303 g/mol. The molecule has 0 aromatic heterocycles. The molecule has 1 rings (SSSR count). The van der Waals surface area contributed by atoms with Gasteiger partial charge in [-0.15, -0.1) is 0 Å². The molecule has 0 bridgehead atoms. The minimum absolute atomic E-state index is 0.0500. The molecule has 1 amide bonds. The number of carboxylic acid groups (broad SMARTS) is 1. The third kappa shape index (κ3) is 4.21. The molecule has 0 aliphatic carbocycles. The lowest BCUT2D eigenvalue weighted by Gasteiger charge is -2.27. The zero-order chi connectivity index (χ0) is 16.4. The first-order valence-corrected chi connectivity index (χ1v) is 6.14. The zero-order valence-electron chi connectivity index (χ0n) is 11.8. The van der Waals surface area contributed by atoms with Crippen LogP contribution < -0.4 is 5.32 Å². The van der Waals surface area contributed by atoms with Crippen LogP contribution in [0.3, 0.4) is 0 Å². The molecule has 116 valence electrons. The van der Waals surface area contributed by atoms with Crippen LogP contribution in [0.15, 0.2) is 18.2 Å². The molecule has 0 atom stereocenters. The average molecular weight is 303 g/mol. The van der Waals surface area contributed by atoms with Crippen molar-refractivity contribution >= 4 is 17.6 Å². The molecule has 0 spiro atoms. The maximum Gasteiger partial charge on any atom is 0.394 e. The van der Waals surface area contributed by atoms with Gasteiger partial charge in [0.1, 0.15) is 0 Å². The molecule has 2 N–H and O–H groups in total. The van der Waals surface area contributed by atoms with Crippen LogP contribution in [-0.2, 0) is 4.79 Å². The molecule has 4 nitrogen and oxygen atoms in total. The Labute approximate surface area is 120 Å². The van der Waals surface area contributed by atoms with Crippen molar-refractivity contribution in [2.75, 3.05) is 5.32 Å². The Hall–Kier alpha value is -2.05. The van der Waals surface area contributed by atoms with Gasteiger partial charge in [0.05, 0.1) is 11.0 Å². The fourth-order valence-corrected chi connectivity index (χ4v) is 1.59. The van der Waals surface area contributed by atoms with E-state index in [-0.39, 0.29) is 11.3 Å². The van der Waals surface area contributed by atoms with Crippen LogP contribution in [-0.4, -0.2) is 23.2 Å². The van der Waals surface area contributed by atoms with Crippen molar-refractivity contribution in [3.05, 3.63) is 29.3 Å². The normalized spacial score (nSPS) is 12.1. The third-order valence-corrected chi connectivity index (χ3v) is 3.13. The van der Waals surface area contributed by atoms with Crippen molar-refractivity contribution < 1.29 is 27.9 Å². The molecule has 1 aromatic carbocycles. The number of rotatable bonds is 4. The van der Waals surface area contributed by atoms with Gasteiger partial charge in [-0.2, -0.15) is 13.2 Å². The van der Waals surface area contributed by atoms with Gasteiger partial charge in [0.15, 0.2) is 0 Å². The quantitative estimate of drug-likeness (QED) is 0.893. The maximum absolute atomic E-state index is 12.7. The summed E-state index contributed by atoms with van der Waals surface area (Å²) in [5.74, 6) is -2.00. The molecule has 0 saturated carbocycles. The molecule has 0 aliphatic heterocycles. The second kappa shape index (κ2) is 5.75. The predicted molar refractivity (Wildman–Crippen MR) is 71.2 cm³/mol. The third-order valence-electron chi connectivity index (χ3n) is 3.13.